The van der Waals surface area contributed by atoms with E-state index in [1.54, 1.807) is 7.11 Å². The van der Waals surface area contributed by atoms with Crippen molar-refractivity contribution in [3.63, 3.8) is 0 Å². The number of nitrogens with zero attached hydrogens (tertiary/aromatic N) is 2. The van der Waals surface area contributed by atoms with Crippen LogP contribution in [0.3, 0.4) is 0 Å². The van der Waals surface area contributed by atoms with Gasteiger partial charge in [0.2, 0.25) is 0 Å². The average molecular weight is 272 g/mol. The third-order valence-corrected chi connectivity index (χ3v) is 5.77. The van der Waals surface area contributed by atoms with Gasteiger partial charge in [-0.2, -0.15) is 0 Å². The summed E-state index contributed by atoms with van der Waals surface area (Å²) in [5.41, 5.74) is 1.40. The SMILES string of the molecule is COc1ccccc1[C@H]1CN(C)[C@@H]2C3CCN(CC3)[C@H]12. The van der Waals surface area contributed by atoms with Gasteiger partial charge in [0.25, 0.3) is 0 Å². The number of piperidine rings is 3. The highest BCUT2D eigenvalue weighted by molar-refractivity contribution is 5.39. The van der Waals surface area contributed by atoms with Gasteiger partial charge >= 0.3 is 0 Å². The number of likely N-dealkylation sites (tertiary alicyclic amines) is 1. The van der Waals surface area contributed by atoms with Crippen molar-refractivity contribution in [3.05, 3.63) is 29.8 Å². The predicted octanol–water partition coefficient (Wildman–Crippen LogP) is 2.19. The monoisotopic (exact) mass is 272 g/mol. The number of hydrogen-bond donors (Lipinski definition) is 0. The Bertz CT molecular complexity index is 496. The molecule has 5 rings (SSSR count). The van der Waals surface area contributed by atoms with E-state index in [4.69, 9.17) is 4.74 Å². The Hall–Kier alpha value is -1.06. The van der Waals surface area contributed by atoms with E-state index in [1.165, 1.54) is 38.0 Å². The van der Waals surface area contributed by atoms with Crippen molar-refractivity contribution in [2.24, 2.45) is 5.92 Å². The van der Waals surface area contributed by atoms with Crippen molar-refractivity contribution in [1.29, 1.82) is 0 Å². The van der Waals surface area contributed by atoms with Crippen LogP contribution in [0.5, 0.6) is 5.75 Å². The van der Waals surface area contributed by atoms with E-state index in [1.807, 2.05) is 0 Å². The summed E-state index contributed by atoms with van der Waals surface area (Å²) in [7, 11) is 4.11. The normalized spacial score (nSPS) is 39.8. The number of methoxy groups -OCH3 is 1. The maximum absolute atomic E-state index is 5.62. The number of benzene rings is 1. The molecule has 3 atom stereocenters. The smallest absolute Gasteiger partial charge is 0.122 e. The van der Waals surface area contributed by atoms with Gasteiger partial charge in [0.1, 0.15) is 5.75 Å². The standard InChI is InChI=1S/C17H24N2O/c1-18-11-14(13-5-3-4-6-15(13)20-2)17-16(18)12-7-9-19(17)10-8-12/h3-6,12,14,16-17H,7-11H2,1-2H3/t14-,16-,17-/m1/s1. The van der Waals surface area contributed by atoms with Gasteiger partial charge in [-0.05, 0) is 45.0 Å². The summed E-state index contributed by atoms with van der Waals surface area (Å²) >= 11 is 0. The van der Waals surface area contributed by atoms with E-state index in [0.29, 0.717) is 12.0 Å². The lowest BCUT2D eigenvalue weighted by Crippen LogP contribution is -2.59. The molecule has 4 aliphatic rings. The lowest BCUT2D eigenvalue weighted by Gasteiger charge is -2.51. The highest BCUT2D eigenvalue weighted by atomic mass is 16.5. The molecule has 4 aliphatic heterocycles. The molecule has 108 valence electrons. The Labute approximate surface area is 121 Å². The van der Waals surface area contributed by atoms with Crippen LogP contribution in [0, 0.1) is 5.92 Å². The molecule has 0 spiro atoms. The number of para-hydroxylation sites is 1. The quantitative estimate of drug-likeness (QED) is 0.821. The van der Waals surface area contributed by atoms with E-state index in [0.717, 1.165) is 17.7 Å². The molecule has 3 heteroatoms. The van der Waals surface area contributed by atoms with E-state index in [9.17, 15) is 0 Å². The summed E-state index contributed by atoms with van der Waals surface area (Å²) in [5.74, 6) is 2.58. The molecule has 0 amide bonds. The minimum absolute atomic E-state index is 0.601. The minimum atomic E-state index is 0.601. The van der Waals surface area contributed by atoms with Gasteiger partial charge in [0.15, 0.2) is 0 Å². The lowest BCUT2D eigenvalue weighted by atomic mass is 9.75. The highest BCUT2D eigenvalue weighted by Crippen LogP contribution is 2.47. The first-order chi connectivity index (χ1) is 9.79. The van der Waals surface area contributed by atoms with Gasteiger partial charge in [0, 0.05) is 30.1 Å². The average Bonchev–Trinajstić information content (AvgIpc) is 2.88. The third kappa shape index (κ3) is 1.73. The summed E-state index contributed by atoms with van der Waals surface area (Å²) in [6, 6.07) is 10.1. The number of hydrogen-bond acceptors (Lipinski definition) is 3. The zero-order valence-electron chi connectivity index (χ0n) is 12.5. The fourth-order valence-electron chi connectivity index (χ4n) is 4.96. The Kier molecular flexibility index (Phi) is 3.00. The number of fused-ring (bicyclic) bond motifs is 2. The zero-order chi connectivity index (χ0) is 13.7. The van der Waals surface area contributed by atoms with Crippen LogP contribution in [0.25, 0.3) is 0 Å². The van der Waals surface area contributed by atoms with Gasteiger partial charge in [-0.3, -0.25) is 4.90 Å². The van der Waals surface area contributed by atoms with Crippen molar-refractivity contribution in [3.8, 4) is 5.75 Å². The van der Waals surface area contributed by atoms with Gasteiger partial charge < -0.3 is 9.64 Å². The molecule has 0 radical (unpaired) electrons. The topological polar surface area (TPSA) is 15.7 Å². The summed E-state index contributed by atoms with van der Waals surface area (Å²) < 4.78 is 5.62. The van der Waals surface area contributed by atoms with Gasteiger partial charge in [-0.1, -0.05) is 18.2 Å². The Morgan fingerprint density at radius 1 is 1.10 bits per heavy atom. The molecule has 20 heavy (non-hydrogen) atoms. The van der Waals surface area contributed by atoms with Crippen LogP contribution in [0.15, 0.2) is 24.3 Å². The van der Waals surface area contributed by atoms with Crippen LogP contribution in [-0.2, 0) is 0 Å². The number of rotatable bonds is 2. The largest absolute Gasteiger partial charge is 0.496 e. The number of likely N-dealkylation sites (N-methyl/N-ethyl adjacent to an activating group) is 1. The third-order valence-electron chi connectivity index (χ3n) is 5.77. The molecule has 0 unspecified atom stereocenters. The first-order valence-electron chi connectivity index (χ1n) is 7.87. The van der Waals surface area contributed by atoms with Gasteiger partial charge in [-0.25, -0.2) is 0 Å². The molecule has 0 N–H and O–H groups in total. The van der Waals surface area contributed by atoms with Gasteiger partial charge in [-0.15, -0.1) is 0 Å². The summed E-state index contributed by atoms with van der Waals surface area (Å²) in [6.07, 6.45) is 2.79. The Morgan fingerprint density at radius 2 is 1.85 bits per heavy atom. The van der Waals surface area contributed by atoms with E-state index in [2.05, 4.69) is 41.1 Å². The molecule has 4 saturated heterocycles. The van der Waals surface area contributed by atoms with Crippen LogP contribution in [0.4, 0.5) is 0 Å². The van der Waals surface area contributed by atoms with Crippen molar-refractivity contribution < 1.29 is 4.74 Å². The highest BCUT2D eigenvalue weighted by Gasteiger charge is 2.52. The maximum Gasteiger partial charge on any atom is 0.122 e. The van der Waals surface area contributed by atoms with Crippen molar-refractivity contribution in [2.75, 3.05) is 33.8 Å². The van der Waals surface area contributed by atoms with Crippen LogP contribution >= 0.6 is 0 Å². The lowest BCUT2D eigenvalue weighted by molar-refractivity contribution is 0.0000736. The number of ether oxygens (including phenoxy) is 1. The van der Waals surface area contributed by atoms with Crippen LogP contribution in [0.1, 0.15) is 24.3 Å². The molecule has 0 aromatic heterocycles. The van der Waals surface area contributed by atoms with Crippen molar-refractivity contribution in [2.45, 2.75) is 30.8 Å². The molecule has 1 aromatic carbocycles. The minimum Gasteiger partial charge on any atom is -0.496 e. The second-order valence-corrected chi connectivity index (χ2v) is 6.64. The fraction of sp³-hybridized carbons (Fsp3) is 0.647. The fourth-order valence-corrected chi connectivity index (χ4v) is 4.96. The maximum atomic E-state index is 5.62. The van der Waals surface area contributed by atoms with Crippen LogP contribution < -0.4 is 4.74 Å². The molecule has 4 fully saturated rings. The molecule has 0 saturated carbocycles. The van der Waals surface area contributed by atoms with E-state index >= 15 is 0 Å². The molecule has 2 bridgehead atoms. The van der Waals surface area contributed by atoms with E-state index in [-0.39, 0.29) is 0 Å². The first kappa shape index (κ1) is 12.7. The molecular formula is C17H24N2O. The molecule has 1 aromatic rings. The Balaban J connectivity index is 1.72. The summed E-state index contributed by atoms with van der Waals surface area (Å²) in [5, 5.41) is 0. The molecule has 4 heterocycles. The van der Waals surface area contributed by atoms with Crippen LogP contribution in [0.2, 0.25) is 0 Å². The summed E-state index contributed by atoms with van der Waals surface area (Å²) in [6.45, 7) is 3.76. The van der Waals surface area contributed by atoms with Crippen LogP contribution in [-0.4, -0.2) is 55.7 Å². The van der Waals surface area contributed by atoms with E-state index < -0.39 is 0 Å². The Morgan fingerprint density at radius 3 is 2.60 bits per heavy atom. The molecule has 0 aliphatic carbocycles. The first-order valence-corrected chi connectivity index (χ1v) is 7.87. The van der Waals surface area contributed by atoms with Gasteiger partial charge in [0.05, 0.1) is 7.11 Å². The summed E-state index contributed by atoms with van der Waals surface area (Å²) in [4.78, 5) is 5.35. The molecular weight excluding hydrogens is 248 g/mol. The predicted molar refractivity (Wildman–Crippen MR) is 80.2 cm³/mol. The second-order valence-electron chi connectivity index (χ2n) is 6.64. The zero-order valence-corrected chi connectivity index (χ0v) is 12.5. The second kappa shape index (κ2) is 4.74. The van der Waals surface area contributed by atoms with Crippen molar-refractivity contribution in [1.82, 2.24) is 9.80 Å². The molecule has 3 nitrogen and oxygen atoms in total. The van der Waals surface area contributed by atoms with Crippen molar-refractivity contribution >= 4 is 0 Å².